The summed E-state index contributed by atoms with van der Waals surface area (Å²) in [5, 5.41) is 3.18. The maximum absolute atomic E-state index is 5.18. The molecule has 0 radical (unpaired) electrons. The summed E-state index contributed by atoms with van der Waals surface area (Å²) < 4.78 is 10.2. The van der Waals surface area contributed by atoms with E-state index in [1.54, 1.807) is 26.6 Å². The third kappa shape index (κ3) is 3.66. The third-order valence-electron chi connectivity index (χ3n) is 2.72. The first-order valence-corrected chi connectivity index (χ1v) is 5.99. The minimum Gasteiger partial charge on any atom is -0.494 e. The molecule has 5 heteroatoms. The normalized spacial score (nSPS) is 10.2. The van der Waals surface area contributed by atoms with Crippen molar-refractivity contribution in [1.82, 2.24) is 9.97 Å². The number of rotatable bonds is 6. The Kier molecular flexibility index (Phi) is 4.69. The molecule has 0 atom stereocenters. The fraction of sp³-hybridized carbons (Fsp3) is 0.286. The van der Waals surface area contributed by atoms with Crippen molar-refractivity contribution in [2.75, 3.05) is 19.5 Å². The Morgan fingerprint density at radius 3 is 2.37 bits per heavy atom. The SMILES string of the molecule is COCc1ccccc1CNc1ncc(OC)cn1. The fourth-order valence-electron chi connectivity index (χ4n) is 1.71. The highest BCUT2D eigenvalue weighted by molar-refractivity contribution is 5.33. The van der Waals surface area contributed by atoms with Crippen molar-refractivity contribution >= 4 is 5.95 Å². The Bertz CT molecular complexity index is 514. The van der Waals surface area contributed by atoms with Crippen LogP contribution >= 0.6 is 0 Å². The van der Waals surface area contributed by atoms with Crippen LogP contribution in [-0.4, -0.2) is 24.2 Å². The molecule has 0 aliphatic rings. The number of hydrogen-bond acceptors (Lipinski definition) is 5. The second kappa shape index (κ2) is 6.70. The highest BCUT2D eigenvalue weighted by Gasteiger charge is 2.02. The van der Waals surface area contributed by atoms with E-state index in [1.165, 1.54) is 5.56 Å². The summed E-state index contributed by atoms with van der Waals surface area (Å²) in [6.45, 7) is 1.26. The molecule has 0 spiro atoms. The maximum atomic E-state index is 5.18. The Morgan fingerprint density at radius 1 is 1.05 bits per heavy atom. The number of nitrogens with one attached hydrogen (secondary N) is 1. The van der Waals surface area contributed by atoms with E-state index in [9.17, 15) is 0 Å². The van der Waals surface area contributed by atoms with Crippen LogP contribution in [0.4, 0.5) is 5.95 Å². The van der Waals surface area contributed by atoms with Gasteiger partial charge in [-0.3, -0.25) is 0 Å². The lowest BCUT2D eigenvalue weighted by Gasteiger charge is -2.10. The van der Waals surface area contributed by atoms with Crippen LogP contribution in [0.15, 0.2) is 36.7 Å². The Morgan fingerprint density at radius 2 is 1.74 bits per heavy atom. The van der Waals surface area contributed by atoms with Crippen LogP contribution in [0.1, 0.15) is 11.1 Å². The molecular formula is C14H17N3O2. The molecule has 19 heavy (non-hydrogen) atoms. The average Bonchev–Trinajstić information content (AvgIpc) is 2.47. The van der Waals surface area contributed by atoms with E-state index in [-0.39, 0.29) is 0 Å². The van der Waals surface area contributed by atoms with Crippen LogP contribution < -0.4 is 10.1 Å². The predicted molar refractivity (Wildman–Crippen MR) is 73.1 cm³/mol. The van der Waals surface area contributed by atoms with E-state index >= 15 is 0 Å². The molecule has 0 unspecified atom stereocenters. The van der Waals surface area contributed by atoms with Gasteiger partial charge in [0.25, 0.3) is 0 Å². The number of hydrogen-bond donors (Lipinski definition) is 1. The molecule has 5 nitrogen and oxygen atoms in total. The second-order valence-corrected chi connectivity index (χ2v) is 4.00. The van der Waals surface area contributed by atoms with Gasteiger partial charge in [-0.1, -0.05) is 24.3 Å². The molecule has 0 aliphatic carbocycles. The van der Waals surface area contributed by atoms with Gasteiger partial charge < -0.3 is 14.8 Å². The second-order valence-electron chi connectivity index (χ2n) is 4.00. The minimum absolute atomic E-state index is 0.577. The average molecular weight is 259 g/mol. The largest absolute Gasteiger partial charge is 0.494 e. The first-order chi connectivity index (χ1) is 9.33. The van der Waals surface area contributed by atoms with E-state index in [0.717, 1.165) is 5.56 Å². The summed E-state index contributed by atoms with van der Waals surface area (Å²) >= 11 is 0. The van der Waals surface area contributed by atoms with Gasteiger partial charge in [0, 0.05) is 13.7 Å². The lowest BCUT2D eigenvalue weighted by atomic mass is 10.1. The molecule has 0 saturated carbocycles. The highest BCUT2D eigenvalue weighted by Crippen LogP contribution is 2.12. The van der Waals surface area contributed by atoms with Crippen molar-refractivity contribution in [3.8, 4) is 5.75 Å². The van der Waals surface area contributed by atoms with Crippen molar-refractivity contribution in [2.24, 2.45) is 0 Å². The van der Waals surface area contributed by atoms with Gasteiger partial charge >= 0.3 is 0 Å². The van der Waals surface area contributed by atoms with Crippen LogP contribution in [0.25, 0.3) is 0 Å². The Labute approximate surface area is 112 Å². The number of aromatic nitrogens is 2. The van der Waals surface area contributed by atoms with E-state index in [1.807, 2.05) is 12.1 Å². The molecule has 0 aliphatic heterocycles. The number of benzene rings is 1. The van der Waals surface area contributed by atoms with Gasteiger partial charge in [-0.15, -0.1) is 0 Å². The monoisotopic (exact) mass is 259 g/mol. The van der Waals surface area contributed by atoms with Crippen LogP contribution in [0.2, 0.25) is 0 Å². The van der Waals surface area contributed by atoms with Crippen molar-refractivity contribution in [3.05, 3.63) is 47.8 Å². The molecule has 100 valence electrons. The third-order valence-corrected chi connectivity index (χ3v) is 2.72. The van der Waals surface area contributed by atoms with E-state index < -0.39 is 0 Å². The van der Waals surface area contributed by atoms with Crippen molar-refractivity contribution in [1.29, 1.82) is 0 Å². The predicted octanol–water partition coefficient (Wildman–Crippen LogP) is 2.24. The van der Waals surface area contributed by atoms with Crippen molar-refractivity contribution in [2.45, 2.75) is 13.2 Å². The first kappa shape index (κ1) is 13.3. The molecule has 2 aromatic rings. The lowest BCUT2D eigenvalue weighted by molar-refractivity contribution is 0.184. The van der Waals surface area contributed by atoms with Gasteiger partial charge in [0.1, 0.15) is 0 Å². The number of methoxy groups -OCH3 is 2. The van der Waals surface area contributed by atoms with Crippen molar-refractivity contribution in [3.63, 3.8) is 0 Å². The molecule has 0 amide bonds. The van der Waals surface area contributed by atoms with Crippen LogP contribution in [0, 0.1) is 0 Å². The summed E-state index contributed by atoms with van der Waals surface area (Å²) in [4.78, 5) is 8.32. The zero-order chi connectivity index (χ0) is 13.5. The summed E-state index contributed by atoms with van der Waals surface area (Å²) in [6, 6.07) is 8.12. The van der Waals surface area contributed by atoms with E-state index in [4.69, 9.17) is 9.47 Å². The smallest absolute Gasteiger partial charge is 0.223 e. The van der Waals surface area contributed by atoms with Gasteiger partial charge in [0.15, 0.2) is 5.75 Å². The lowest BCUT2D eigenvalue weighted by Crippen LogP contribution is -2.06. The van der Waals surface area contributed by atoms with Gasteiger partial charge in [0.2, 0.25) is 5.95 Å². The summed E-state index contributed by atoms with van der Waals surface area (Å²) in [7, 11) is 3.28. The number of anilines is 1. The Hall–Kier alpha value is -2.14. The maximum Gasteiger partial charge on any atom is 0.223 e. The van der Waals surface area contributed by atoms with Crippen LogP contribution in [0.3, 0.4) is 0 Å². The molecule has 0 bridgehead atoms. The molecule has 1 aromatic carbocycles. The quantitative estimate of drug-likeness (QED) is 0.862. The molecule has 0 saturated heterocycles. The fourth-order valence-corrected chi connectivity index (χ4v) is 1.71. The zero-order valence-corrected chi connectivity index (χ0v) is 11.1. The highest BCUT2D eigenvalue weighted by atomic mass is 16.5. The molecule has 1 heterocycles. The minimum atomic E-state index is 0.577. The summed E-state index contributed by atoms with van der Waals surface area (Å²) in [5.74, 6) is 1.22. The van der Waals surface area contributed by atoms with Gasteiger partial charge in [-0.25, -0.2) is 9.97 Å². The zero-order valence-electron chi connectivity index (χ0n) is 11.1. The van der Waals surface area contributed by atoms with Gasteiger partial charge in [-0.2, -0.15) is 0 Å². The van der Waals surface area contributed by atoms with Gasteiger partial charge in [0.05, 0.1) is 26.1 Å². The van der Waals surface area contributed by atoms with E-state index in [0.29, 0.717) is 24.8 Å². The molecular weight excluding hydrogens is 242 g/mol. The van der Waals surface area contributed by atoms with Crippen LogP contribution in [0.5, 0.6) is 5.75 Å². The summed E-state index contributed by atoms with van der Waals surface area (Å²) in [6.07, 6.45) is 3.27. The standard InChI is InChI=1S/C14H17N3O2/c1-18-10-12-6-4-3-5-11(12)7-15-14-16-8-13(19-2)9-17-14/h3-6,8-9H,7,10H2,1-2H3,(H,15,16,17). The molecule has 0 fully saturated rings. The Balaban J connectivity index is 2.01. The molecule has 1 aromatic heterocycles. The van der Waals surface area contributed by atoms with E-state index in [2.05, 4.69) is 27.4 Å². The number of ether oxygens (including phenoxy) is 2. The molecule has 1 N–H and O–H groups in total. The number of nitrogens with zero attached hydrogens (tertiary/aromatic N) is 2. The van der Waals surface area contributed by atoms with Crippen LogP contribution in [-0.2, 0) is 17.9 Å². The van der Waals surface area contributed by atoms with Crippen molar-refractivity contribution < 1.29 is 9.47 Å². The molecule has 2 rings (SSSR count). The van der Waals surface area contributed by atoms with Gasteiger partial charge in [-0.05, 0) is 11.1 Å². The topological polar surface area (TPSA) is 56.3 Å². The first-order valence-electron chi connectivity index (χ1n) is 5.99. The summed E-state index contributed by atoms with van der Waals surface area (Å²) in [5.41, 5.74) is 2.33.